The molecule has 3 aromatic carbocycles. The number of aryl methyl sites for hydroxylation is 1. The van der Waals surface area contributed by atoms with Gasteiger partial charge >= 0.3 is 9.45 Å². The Kier molecular flexibility index (Phi) is 58.7. The van der Waals surface area contributed by atoms with Crippen LogP contribution in [0.2, 0.25) is 0 Å². The molecule has 6 N–H and O–H groups in total. The number of nitrogens with two attached hydrogens (primary N) is 1. The lowest BCUT2D eigenvalue weighted by atomic mass is 10.1. The van der Waals surface area contributed by atoms with Crippen LogP contribution in [0.15, 0.2) is 101 Å². The maximum absolute atomic E-state index is 11.2. The second kappa shape index (κ2) is 57.2. The Morgan fingerprint density at radius 3 is 1.83 bits per heavy atom. The lowest BCUT2D eigenvalue weighted by molar-refractivity contribution is -0.507. The quantitative estimate of drug-likeness (QED) is 0.00602. The number of alkyl halides is 6. The number of aliphatic hydroxyl groups is 2. The molecule has 0 radical (unpaired) electrons. The molecule has 1 heterocycles. The highest BCUT2D eigenvalue weighted by Crippen LogP contribution is 2.28. The van der Waals surface area contributed by atoms with Gasteiger partial charge in [-0.05, 0) is 85.2 Å². The Bertz CT molecular complexity index is 2550. The highest BCUT2D eigenvalue weighted by molar-refractivity contribution is 14.1. The van der Waals surface area contributed by atoms with E-state index >= 15 is 0 Å². The number of nitro groups is 1. The molecule has 2 amide bonds. The highest BCUT2D eigenvalue weighted by Gasteiger charge is 2.34. The van der Waals surface area contributed by atoms with Crippen molar-refractivity contribution in [1.29, 1.82) is 15.8 Å². The van der Waals surface area contributed by atoms with Crippen molar-refractivity contribution in [2.75, 3.05) is 38.3 Å². The molecular formula is C55H70Br6IN7O12S. The van der Waals surface area contributed by atoms with E-state index in [1.54, 1.807) is 18.2 Å². The third kappa shape index (κ3) is 50.3. The van der Waals surface area contributed by atoms with Gasteiger partial charge in [0.25, 0.3) is 11.5 Å². The molecule has 0 fully saturated rings. The first-order chi connectivity index (χ1) is 39.1. The number of aromatic hydroxyl groups is 1. The summed E-state index contributed by atoms with van der Waals surface area (Å²) >= 11 is 20.5. The van der Waals surface area contributed by atoms with Crippen molar-refractivity contribution in [2.45, 2.75) is 115 Å². The largest absolute Gasteiger partial charge is 0.507 e. The Morgan fingerprint density at radius 1 is 0.841 bits per heavy atom. The van der Waals surface area contributed by atoms with Crippen molar-refractivity contribution < 1.29 is 48.9 Å². The number of ether oxygens (including phenoxy) is 2. The first-order valence-corrected chi connectivity index (χ1v) is 32.0. The van der Waals surface area contributed by atoms with Crippen LogP contribution in [0.25, 0.3) is 11.1 Å². The van der Waals surface area contributed by atoms with E-state index in [-0.39, 0.29) is 24.9 Å². The molecule has 0 spiro atoms. The van der Waals surface area contributed by atoms with Crippen LogP contribution in [-0.2, 0) is 25.7 Å². The minimum atomic E-state index is -1.56. The molecule has 0 aliphatic carbocycles. The third-order valence-electron chi connectivity index (χ3n) is 9.19. The molecule has 1 aromatic heterocycles. The van der Waals surface area contributed by atoms with Crippen LogP contribution < -0.4 is 21.3 Å². The molecule has 0 saturated heterocycles. The summed E-state index contributed by atoms with van der Waals surface area (Å²) in [5, 5.41) is 65.9. The molecule has 27 heteroatoms. The zero-order valence-corrected chi connectivity index (χ0v) is 57.9. The fourth-order valence-corrected chi connectivity index (χ4v) is 6.35. The van der Waals surface area contributed by atoms with E-state index in [9.17, 15) is 39.2 Å². The number of aldehydes is 2. The zero-order chi connectivity index (χ0) is 62.9. The number of amides is 2. The number of nitriles is 3. The van der Waals surface area contributed by atoms with E-state index in [2.05, 4.69) is 131 Å². The molecule has 0 bridgehead atoms. The summed E-state index contributed by atoms with van der Waals surface area (Å²) in [5.74, 6) is 3.00. The second-order valence-corrected chi connectivity index (χ2v) is 26.4. The van der Waals surface area contributed by atoms with Crippen LogP contribution in [0.1, 0.15) is 97.3 Å². The lowest BCUT2D eigenvalue weighted by Crippen LogP contribution is -2.30. The lowest BCUT2D eigenvalue weighted by Gasteiger charge is -2.12. The molecule has 0 saturated carbocycles. The van der Waals surface area contributed by atoms with Gasteiger partial charge in [0.15, 0.2) is 6.61 Å². The monoisotopic (exact) mass is 1650 g/mol. The molecule has 0 aliphatic heterocycles. The van der Waals surface area contributed by atoms with E-state index in [1.165, 1.54) is 43.6 Å². The van der Waals surface area contributed by atoms with Crippen LogP contribution >= 0.6 is 130 Å². The average Bonchev–Trinajstić information content (AvgIpc) is 3.94. The van der Waals surface area contributed by atoms with Gasteiger partial charge in [0.1, 0.15) is 47.7 Å². The average molecular weight is 1660 g/mol. The number of hydrogen-bond acceptors (Lipinski definition) is 16. The molecular weight excluding hydrogens is 1590 g/mol. The topological polar surface area (TPSA) is 322 Å². The second-order valence-electron chi connectivity index (χ2n) is 15.8. The molecule has 19 nitrogen and oxygen atoms in total. The molecule has 1 unspecified atom stereocenters. The van der Waals surface area contributed by atoms with E-state index in [0.29, 0.717) is 56.3 Å². The molecule has 4 aromatic rings. The molecule has 0 aliphatic rings. The van der Waals surface area contributed by atoms with Gasteiger partial charge in [-0.3, -0.25) is 23.7 Å². The zero-order valence-electron chi connectivity index (χ0n) is 45.4. The maximum atomic E-state index is 11.2. The number of carbonyl (C=O) groups excluding carboxylic acids is 4. The van der Waals surface area contributed by atoms with Crippen LogP contribution in [0, 0.1) is 54.0 Å². The van der Waals surface area contributed by atoms with Gasteiger partial charge in [0.05, 0.1) is 23.7 Å². The van der Waals surface area contributed by atoms with Crippen molar-refractivity contribution in [2.24, 2.45) is 5.73 Å². The fraction of sp³-hybridized carbons (Fsp3) is 0.455. The van der Waals surface area contributed by atoms with Crippen LogP contribution in [0.4, 0.5) is 4.79 Å². The maximum Gasteiger partial charge on any atom is 0.408 e. The number of halogens is 7. The first-order valence-electron chi connectivity index (χ1n) is 25.0. The number of para-hydroxylation sites is 2. The van der Waals surface area contributed by atoms with Crippen LogP contribution in [0.5, 0.6) is 11.5 Å². The standard InChI is InChI=1S/C12H10O.C11H19NOS.C8H12INO2.C8H10O2.C6H6Br2N2.C5H8O2.C3H2Br2N2O.C2H3Br2NO3/c13-12-9-5-4-8-11(12)10-6-2-1-3-7-10;1-2-3-4-5-6-7-9-12-11(13)8-10-14-12;1-2-3-6-10-8(11)12-7-4-5-9;9-6-7-10-8-4-2-1-3-5-8;7-4-6(8,5-10)2-1-3-9;6-4-2-1-3-5-7;4-3(5,1-6)2(7)8;3-2(4,1-6)5(7)8/h1-9,13H;8,10H,2-7,9H2,1H3;2-3,6-7H2,1H3,(H,10,11);1-5,9H,6-7H2;1-2,4H2;4-5H,1-3H2;(H2,7,8);6H,1H2. The fourth-order valence-electron chi connectivity index (χ4n) is 4.86. The van der Waals surface area contributed by atoms with Crippen molar-refractivity contribution in [3.8, 4) is 50.7 Å². The third-order valence-corrected chi connectivity index (χ3v) is 15.2. The number of benzene rings is 3. The number of alkyl carbamates (subject to hydrolysis) is 1. The number of hydrogen-bond donors (Lipinski definition) is 5. The van der Waals surface area contributed by atoms with Crippen molar-refractivity contribution in [3.05, 3.63) is 117 Å². The van der Waals surface area contributed by atoms with E-state index in [1.807, 2.05) is 117 Å². The predicted molar refractivity (Wildman–Crippen MR) is 353 cm³/mol. The Labute approximate surface area is 549 Å². The molecule has 82 heavy (non-hydrogen) atoms. The van der Waals surface area contributed by atoms with Crippen molar-refractivity contribution in [3.63, 3.8) is 0 Å². The summed E-state index contributed by atoms with van der Waals surface area (Å²) in [6.45, 7) is 5.88. The summed E-state index contributed by atoms with van der Waals surface area (Å²) in [6, 6.07) is 33.9. The molecule has 4 rings (SSSR count). The van der Waals surface area contributed by atoms with Gasteiger partial charge in [-0.15, -0.1) is 0 Å². The Balaban J connectivity index is -0.000000429. The molecule has 1 atom stereocenters. The van der Waals surface area contributed by atoms with Crippen LogP contribution in [-0.4, -0.2) is 98.0 Å². The van der Waals surface area contributed by atoms with E-state index in [0.717, 1.165) is 55.3 Å². The molecule has 452 valence electrons. The summed E-state index contributed by atoms with van der Waals surface area (Å²) in [4.78, 5) is 60.4. The van der Waals surface area contributed by atoms with Crippen LogP contribution in [0.3, 0.4) is 0 Å². The van der Waals surface area contributed by atoms with Gasteiger partial charge < -0.3 is 45.4 Å². The Hall–Kier alpha value is -4.27. The smallest absolute Gasteiger partial charge is 0.408 e. The number of nitrogens with one attached hydrogen (secondary N) is 1. The number of rotatable bonds is 25. The number of primary amides is 1. The van der Waals surface area contributed by atoms with Gasteiger partial charge in [-0.25, -0.2) is 4.79 Å². The van der Waals surface area contributed by atoms with E-state index in [4.69, 9.17) is 41.2 Å². The SMILES string of the molecule is CCCCCCCCn1sccc1=O.CCCCNC(=O)OCC#CI.N#CC(Br)(Br)C(N)=O.N#CCCC(Br)(C#N)CBr.O=CCCCC=O.O=[N+]([O-])C(Br)(Br)CO.OCCOc1ccccc1.Oc1ccccc1-c1ccccc1. The van der Waals surface area contributed by atoms with Crippen molar-refractivity contribution in [1.82, 2.24) is 9.27 Å². The highest BCUT2D eigenvalue weighted by atomic mass is 127. The summed E-state index contributed by atoms with van der Waals surface area (Å²) in [5.41, 5.74) is 6.80. The van der Waals surface area contributed by atoms with E-state index < -0.39 is 28.4 Å². The van der Waals surface area contributed by atoms with Gasteiger partial charge in [0, 0.05) is 109 Å². The van der Waals surface area contributed by atoms with Gasteiger partial charge in [0.2, 0.25) is 3.23 Å². The number of aromatic nitrogens is 1. The summed E-state index contributed by atoms with van der Waals surface area (Å²) < 4.78 is 10.7. The van der Waals surface area contributed by atoms with Gasteiger partial charge in [-0.1, -0.05) is 168 Å². The Morgan fingerprint density at radius 2 is 1.40 bits per heavy atom. The predicted octanol–water partition coefficient (Wildman–Crippen LogP) is 13.4. The number of phenolic OH excluding ortho intramolecular Hbond substituents is 1. The summed E-state index contributed by atoms with van der Waals surface area (Å²) in [7, 11) is 0. The number of nitrogens with zero attached hydrogens (tertiary/aromatic N) is 5. The number of phenols is 1. The number of unbranched alkanes of at least 4 members (excludes halogenated alkanes) is 8. The number of carbonyl (C=O) groups is 4. The van der Waals surface area contributed by atoms with Gasteiger partial charge in [-0.2, -0.15) is 15.8 Å². The summed E-state index contributed by atoms with van der Waals surface area (Å²) in [6.07, 6.45) is 13.7. The minimum absolute atomic E-state index is 0.0644. The number of aliphatic hydroxyl groups excluding tert-OH is 2. The van der Waals surface area contributed by atoms with Crippen molar-refractivity contribution >= 4 is 154 Å². The first kappa shape index (κ1) is 84.2. The normalized spacial score (nSPS) is 10.3. The minimum Gasteiger partial charge on any atom is -0.507 e.